The number of aliphatic hydroxyl groups excluding tert-OH is 1. The maximum atomic E-state index is 12.9. The molecule has 1 aliphatic rings. The molecule has 7 heteroatoms. The van der Waals surface area contributed by atoms with Gasteiger partial charge in [-0.3, -0.25) is 9.59 Å². The zero-order valence-corrected chi connectivity index (χ0v) is 17.5. The number of amides is 1. The van der Waals surface area contributed by atoms with Crippen molar-refractivity contribution < 1.29 is 28.9 Å². The Morgan fingerprint density at radius 2 is 1.73 bits per heavy atom. The van der Waals surface area contributed by atoms with Crippen molar-refractivity contribution in [3.8, 4) is 11.5 Å². The molecule has 1 saturated heterocycles. The van der Waals surface area contributed by atoms with Gasteiger partial charge in [0.1, 0.15) is 17.3 Å². The average molecular weight is 411 g/mol. The van der Waals surface area contributed by atoms with Crippen molar-refractivity contribution in [3.63, 3.8) is 0 Å². The van der Waals surface area contributed by atoms with Gasteiger partial charge in [-0.15, -0.1) is 0 Å². The van der Waals surface area contributed by atoms with Crippen LogP contribution in [0, 0.1) is 6.92 Å². The highest BCUT2D eigenvalue weighted by Gasteiger charge is 2.45. The Morgan fingerprint density at radius 1 is 1.03 bits per heavy atom. The molecule has 30 heavy (non-hydrogen) atoms. The molecule has 0 aliphatic carbocycles. The van der Waals surface area contributed by atoms with Crippen molar-refractivity contribution in [2.45, 2.75) is 13.0 Å². The molecule has 1 aliphatic heterocycles. The Bertz CT molecular complexity index is 980. The molecule has 0 bridgehead atoms. The summed E-state index contributed by atoms with van der Waals surface area (Å²) in [5.74, 6) is -0.297. The van der Waals surface area contributed by atoms with Gasteiger partial charge in [0, 0.05) is 19.2 Å². The van der Waals surface area contributed by atoms with E-state index in [2.05, 4.69) is 0 Å². The SMILES string of the molecule is COCCN1C(=O)C(=O)C(=C(O)c2ccc(OC)c(C)c2)C1c1ccc(OC)cc1. The second-order valence-electron chi connectivity index (χ2n) is 6.94. The molecule has 1 unspecified atom stereocenters. The minimum absolute atomic E-state index is 0.0471. The molecular formula is C23H25NO6. The van der Waals surface area contributed by atoms with Gasteiger partial charge in [-0.2, -0.15) is 0 Å². The Labute approximate surface area is 175 Å². The summed E-state index contributed by atoms with van der Waals surface area (Å²) in [6.07, 6.45) is 0. The van der Waals surface area contributed by atoms with E-state index in [1.54, 1.807) is 56.7 Å². The van der Waals surface area contributed by atoms with Crippen molar-refractivity contribution in [3.05, 3.63) is 64.7 Å². The molecule has 0 aromatic heterocycles. The lowest BCUT2D eigenvalue weighted by Gasteiger charge is -2.25. The minimum atomic E-state index is -0.728. The standard InChI is InChI=1S/C23H25NO6/c1-14-13-16(7-10-18(14)30-4)21(25)19-20(15-5-8-17(29-3)9-6-15)24(11-12-28-2)23(27)22(19)26/h5-10,13,20,25H,11-12H2,1-4H3. The van der Waals surface area contributed by atoms with Crippen LogP contribution in [0.2, 0.25) is 0 Å². The number of carbonyl (C=O) groups is 2. The summed E-state index contributed by atoms with van der Waals surface area (Å²) in [6, 6.07) is 11.4. The molecule has 0 saturated carbocycles. The first kappa shape index (κ1) is 21.4. The maximum Gasteiger partial charge on any atom is 0.295 e. The van der Waals surface area contributed by atoms with E-state index in [1.165, 1.54) is 12.0 Å². The van der Waals surface area contributed by atoms with Crippen molar-refractivity contribution >= 4 is 17.4 Å². The molecule has 1 fully saturated rings. The van der Waals surface area contributed by atoms with Crippen LogP contribution in [0.15, 0.2) is 48.0 Å². The molecule has 158 valence electrons. The molecular weight excluding hydrogens is 386 g/mol. The number of ketones is 1. The Hall–Kier alpha value is -3.32. The fraction of sp³-hybridized carbons (Fsp3) is 0.304. The Kier molecular flexibility index (Phi) is 6.42. The number of methoxy groups -OCH3 is 3. The largest absolute Gasteiger partial charge is 0.507 e. The van der Waals surface area contributed by atoms with Crippen molar-refractivity contribution in [1.82, 2.24) is 4.90 Å². The van der Waals surface area contributed by atoms with E-state index in [0.29, 0.717) is 22.6 Å². The minimum Gasteiger partial charge on any atom is -0.507 e. The molecule has 1 amide bonds. The van der Waals surface area contributed by atoms with Gasteiger partial charge in [0.05, 0.1) is 32.4 Å². The molecule has 1 atom stereocenters. The first-order valence-electron chi connectivity index (χ1n) is 9.49. The third-order valence-corrected chi connectivity index (χ3v) is 5.18. The van der Waals surface area contributed by atoms with E-state index in [9.17, 15) is 14.7 Å². The van der Waals surface area contributed by atoms with Crippen LogP contribution in [0.4, 0.5) is 0 Å². The Morgan fingerprint density at radius 3 is 2.30 bits per heavy atom. The van der Waals surface area contributed by atoms with E-state index in [1.807, 2.05) is 6.92 Å². The molecule has 7 nitrogen and oxygen atoms in total. The molecule has 1 heterocycles. The average Bonchev–Trinajstić information content (AvgIpc) is 3.01. The van der Waals surface area contributed by atoms with Crippen LogP contribution in [0.1, 0.15) is 22.7 Å². The van der Waals surface area contributed by atoms with Crippen LogP contribution in [-0.2, 0) is 14.3 Å². The zero-order chi connectivity index (χ0) is 21.8. The zero-order valence-electron chi connectivity index (χ0n) is 17.5. The van der Waals surface area contributed by atoms with E-state index >= 15 is 0 Å². The summed E-state index contributed by atoms with van der Waals surface area (Å²) < 4.78 is 15.6. The fourth-order valence-electron chi connectivity index (χ4n) is 3.61. The van der Waals surface area contributed by atoms with Gasteiger partial charge >= 0.3 is 0 Å². The van der Waals surface area contributed by atoms with Crippen molar-refractivity contribution in [2.75, 3.05) is 34.5 Å². The number of hydrogen-bond donors (Lipinski definition) is 1. The summed E-state index contributed by atoms with van der Waals surface area (Å²) in [7, 11) is 4.65. The van der Waals surface area contributed by atoms with Crippen molar-refractivity contribution in [1.29, 1.82) is 0 Å². The van der Waals surface area contributed by atoms with Crippen LogP contribution in [0.25, 0.3) is 5.76 Å². The number of benzene rings is 2. The number of Topliss-reactive ketones (excluding diaryl/α,β-unsaturated/α-hetero) is 1. The summed E-state index contributed by atoms with van der Waals surface area (Å²) in [5, 5.41) is 11.1. The van der Waals surface area contributed by atoms with Gasteiger partial charge in [-0.05, 0) is 48.4 Å². The van der Waals surface area contributed by atoms with Gasteiger partial charge in [0.2, 0.25) is 0 Å². The highest BCUT2D eigenvalue weighted by atomic mass is 16.5. The van der Waals surface area contributed by atoms with Gasteiger partial charge in [-0.25, -0.2) is 0 Å². The van der Waals surface area contributed by atoms with Gasteiger partial charge < -0.3 is 24.2 Å². The third-order valence-electron chi connectivity index (χ3n) is 5.18. The summed E-state index contributed by atoms with van der Waals surface area (Å²) in [5.41, 5.74) is 1.98. The van der Waals surface area contributed by atoms with E-state index in [0.717, 1.165) is 5.56 Å². The van der Waals surface area contributed by atoms with Crippen LogP contribution in [0.3, 0.4) is 0 Å². The number of ether oxygens (including phenoxy) is 3. The molecule has 0 spiro atoms. The first-order chi connectivity index (χ1) is 14.4. The van der Waals surface area contributed by atoms with Gasteiger partial charge in [0.25, 0.3) is 11.7 Å². The fourth-order valence-corrected chi connectivity index (χ4v) is 3.61. The lowest BCUT2D eigenvalue weighted by Crippen LogP contribution is -2.32. The smallest absolute Gasteiger partial charge is 0.295 e. The van der Waals surface area contributed by atoms with Crippen LogP contribution < -0.4 is 9.47 Å². The second kappa shape index (κ2) is 9.00. The highest BCUT2D eigenvalue weighted by molar-refractivity contribution is 6.46. The van der Waals surface area contributed by atoms with Gasteiger partial charge in [-0.1, -0.05) is 12.1 Å². The molecule has 0 radical (unpaired) electrons. The predicted octanol–water partition coefficient (Wildman–Crippen LogP) is 3.08. The molecule has 2 aromatic rings. The number of hydrogen-bond acceptors (Lipinski definition) is 6. The summed E-state index contributed by atoms with van der Waals surface area (Å²) >= 11 is 0. The highest BCUT2D eigenvalue weighted by Crippen LogP contribution is 2.40. The summed E-state index contributed by atoms with van der Waals surface area (Å²) in [6.45, 7) is 2.32. The first-order valence-corrected chi connectivity index (χ1v) is 9.49. The number of likely N-dealkylation sites (tertiary alicyclic amines) is 1. The molecule has 3 rings (SSSR count). The number of nitrogens with zero attached hydrogens (tertiary/aromatic N) is 1. The maximum absolute atomic E-state index is 12.9. The van der Waals surface area contributed by atoms with Crippen LogP contribution in [0.5, 0.6) is 11.5 Å². The lowest BCUT2D eigenvalue weighted by atomic mass is 9.94. The number of carbonyl (C=O) groups excluding carboxylic acids is 2. The summed E-state index contributed by atoms with van der Waals surface area (Å²) in [4.78, 5) is 27.1. The third kappa shape index (κ3) is 3.89. The molecule has 1 N–H and O–H groups in total. The number of aliphatic hydroxyl groups is 1. The number of rotatable bonds is 7. The second-order valence-corrected chi connectivity index (χ2v) is 6.94. The lowest BCUT2D eigenvalue weighted by molar-refractivity contribution is -0.140. The van der Waals surface area contributed by atoms with Crippen LogP contribution >= 0.6 is 0 Å². The topological polar surface area (TPSA) is 85.3 Å². The molecule has 2 aromatic carbocycles. The van der Waals surface area contributed by atoms with Gasteiger partial charge in [0.15, 0.2) is 0 Å². The quantitative estimate of drug-likeness (QED) is 0.428. The number of aryl methyl sites for hydroxylation is 1. The van der Waals surface area contributed by atoms with Crippen molar-refractivity contribution in [2.24, 2.45) is 0 Å². The normalized spacial score (nSPS) is 18.0. The monoisotopic (exact) mass is 411 g/mol. The Balaban J connectivity index is 2.14. The van der Waals surface area contributed by atoms with E-state index in [-0.39, 0.29) is 24.5 Å². The van der Waals surface area contributed by atoms with Crippen LogP contribution in [-0.4, -0.2) is 56.2 Å². The van der Waals surface area contributed by atoms with E-state index in [4.69, 9.17) is 14.2 Å². The van der Waals surface area contributed by atoms with E-state index < -0.39 is 17.7 Å². The predicted molar refractivity (Wildman–Crippen MR) is 112 cm³/mol.